The van der Waals surface area contributed by atoms with Crippen molar-refractivity contribution < 1.29 is 15.3 Å². The van der Waals surface area contributed by atoms with Crippen LogP contribution in [0.5, 0.6) is 0 Å². The molecule has 10 heteroatoms. The van der Waals surface area contributed by atoms with Crippen LogP contribution in [0.1, 0.15) is 19.3 Å². The lowest BCUT2D eigenvalue weighted by Gasteiger charge is -2.23. The van der Waals surface area contributed by atoms with Gasteiger partial charge in [-0.25, -0.2) is 0 Å². The second-order valence-electron chi connectivity index (χ2n) is 3.32. The molecule has 100 valence electrons. The molecule has 0 atom stereocenters. The number of nitroso groups, excluding NO2 is 1. The summed E-state index contributed by atoms with van der Waals surface area (Å²) in [7, 11) is 0. The SMILES string of the molecule is NCCCN(CCCC[N+]([O-])=NO)N(O)N=O. The number of nitrogens with zero attached hydrogens (tertiary/aromatic N) is 5. The first-order chi connectivity index (χ1) is 8.15. The highest BCUT2D eigenvalue weighted by atomic mass is 16.6. The molecule has 0 rings (SSSR count). The van der Waals surface area contributed by atoms with Crippen molar-refractivity contribution >= 4 is 0 Å². The molecule has 0 aromatic carbocycles. The lowest BCUT2D eigenvalue weighted by molar-refractivity contribution is -0.556. The van der Waals surface area contributed by atoms with E-state index in [1.807, 2.05) is 0 Å². The van der Waals surface area contributed by atoms with Crippen LogP contribution in [0.15, 0.2) is 10.6 Å². The Hall–Kier alpha value is -1.52. The van der Waals surface area contributed by atoms with Crippen molar-refractivity contribution in [1.29, 1.82) is 0 Å². The van der Waals surface area contributed by atoms with Crippen molar-refractivity contribution in [2.45, 2.75) is 19.3 Å². The first-order valence-electron chi connectivity index (χ1n) is 5.22. The molecule has 17 heavy (non-hydrogen) atoms. The van der Waals surface area contributed by atoms with Crippen LogP contribution in [-0.4, -0.2) is 51.7 Å². The Balaban J connectivity index is 3.86. The minimum absolute atomic E-state index is 0.0428. The van der Waals surface area contributed by atoms with Crippen molar-refractivity contribution in [2.75, 3.05) is 26.2 Å². The van der Waals surface area contributed by atoms with Gasteiger partial charge in [-0.15, -0.1) is 4.91 Å². The van der Waals surface area contributed by atoms with Gasteiger partial charge in [0.15, 0.2) is 11.8 Å². The molecular weight excluding hydrogens is 232 g/mol. The van der Waals surface area contributed by atoms with Crippen LogP contribution in [0, 0.1) is 10.1 Å². The number of nitrogens with two attached hydrogens (primary N) is 1. The second kappa shape index (κ2) is 9.69. The summed E-state index contributed by atoms with van der Waals surface area (Å²) < 4.78 is 0. The summed E-state index contributed by atoms with van der Waals surface area (Å²) in [5.41, 5.74) is 5.31. The van der Waals surface area contributed by atoms with E-state index in [1.54, 1.807) is 0 Å². The van der Waals surface area contributed by atoms with Crippen LogP contribution in [0.25, 0.3) is 0 Å². The van der Waals surface area contributed by atoms with Crippen molar-refractivity contribution in [3.63, 3.8) is 0 Å². The van der Waals surface area contributed by atoms with Crippen LogP contribution in [0.2, 0.25) is 0 Å². The molecule has 0 aromatic heterocycles. The summed E-state index contributed by atoms with van der Waals surface area (Å²) in [6, 6.07) is 0. The first kappa shape index (κ1) is 15.5. The predicted octanol–water partition coefficient (Wildman–Crippen LogP) is 0.0567. The normalized spacial score (nSPS) is 11.8. The Kier molecular flexibility index (Phi) is 8.82. The maximum absolute atomic E-state index is 10.6. The molecule has 0 spiro atoms. The molecular formula is C7H18N6O4. The van der Waals surface area contributed by atoms with Gasteiger partial charge in [0.05, 0.1) is 5.29 Å². The molecule has 4 N–H and O–H groups in total. The van der Waals surface area contributed by atoms with Crippen LogP contribution >= 0.6 is 0 Å². The fourth-order valence-electron chi connectivity index (χ4n) is 1.20. The van der Waals surface area contributed by atoms with E-state index >= 15 is 0 Å². The van der Waals surface area contributed by atoms with E-state index in [1.165, 1.54) is 5.01 Å². The van der Waals surface area contributed by atoms with Crippen LogP contribution in [0.3, 0.4) is 0 Å². The molecule has 0 aliphatic rings. The first-order valence-corrected chi connectivity index (χ1v) is 5.22. The zero-order chi connectivity index (χ0) is 13.1. The predicted molar refractivity (Wildman–Crippen MR) is 56.6 cm³/mol. The zero-order valence-corrected chi connectivity index (χ0v) is 9.47. The third kappa shape index (κ3) is 7.38. The maximum atomic E-state index is 10.6. The van der Waals surface area contributed by atoms with E-state index in [9.17, 15) is 10.1 Å². The number of hydroxylamine groups is 1. The highest BCUT2D eigenvalue weighted by Gasteiger charge is 2.12. The van der Waals surface area contributed by atoms with Crippen molar-refractivity contribution in [2.24, 2.45) is 16.3 Å². The lowest BCUT2D eigenvalue weighted by Crippen LogP contribution is -2.38. The van der Waals surface area contributed by atoms with Gasteiger partial charge in [0.2, 0.25) is 0 Å². The van der Waals surface area contributed by atoms with E-state index < -0.39 is 0 Å². The molecule has 0 saturated heterocycles. The number of hydrazine groups is 1. The summed E-state index contributed by atoms with van der Waals surface area (Å²) in [6.07, 6.45) is 1.59. The van der Waals surface area contributed by atoms with Crippen LogP contribution < -0.4 is 5.73 Å². The van der Waals surface area contributed by atoms with Gasteiger partial charge < -0.3 is 16.1 Å². The van der Waals surface area contributed by atoms with Gasteiger partial charge in [0.25, 0.3) is 0 Å². The molecule has 0 aliphatic carbocycles. The minimum atomic E-state index is 0.0428. The van der Waals surface area contributed by atoms with E-state index in [0.717, 1.165) is 0 Å². The van der Waals surface area contributed by atoms with Crippen molar-refractivity contribution in [3.05, 3.63) is 10.1 Å². The average molecular weight is 250 g/mol. The Morgan fingerprint density at radius 3 is 2.47 bits per heavy atom. The molecule has 10 nitrogen and oxygen atoms in total. The van der Waals surface area contributed by atoms with E-state index in [0.29, 0.717) is 38.9 Å². The molecule has 0 bridgehead atoms. The van der Waals surface area contributed by atoms with Crippen molar-refractivity contribution in [1.82, 2.24) is 10.3 Å². The van der Waals surface area contributed by atoms with Crippen molar-refractivity contribution in [3.8, 4) is 0 Å². The van der Waals surface area contributed by atoms with Gasteiger partial charge in [-0.1, -0.05) is 10.1 Å². The third-order valence-corrected chi connectivity index (χ3v) is 2.06. The standard InChI is InChI=1S/C7H18N6O4/c8-4-3-6-11(13(17)10-15)5-1-2-7-12(16)9-14/h14,17H,1-8H2. The second-order valence-corrected chi connectivity index (χ2v) is 3.32. The van der Waals surface area contributed by atoms with E-state index in [2.05, 4.69) is 10.6 Å². The Bertz CT molecular complexity index is 238. The summed E-state index contributed by atoms with van der Waals surface area (Å²) in [4.78, 5) is 10.3. The highest BCUT2D eigenvalue weighted by Crippen LogP contribution is 2.01. The summed E-state index contributed by atoms with van der Waals surface area (Å²) in [5.74, 6) is 0. The largest absolute Gasteiger partial charge is 0.597 e. The number of hydrogen-bond donors (Lipinski definition) is 3. The molecule has 0 radical (unpaired) electrons. The van der Waals surface area contributed by atoms with E-state index in [4.69, 9.17) is 16.1 Å². The molecule has 0 fully saturated rings. The molecule has 0 amide bonds. The average Bonchev–Trinajstić information content (AvgIpc) is 2.36. The summed E-state index contributed by atoms with van der Waals surface area (Å²) in [6.45, 7) is 1.22. The number of hydrogen-bond acceptors (Lipinski definition) is 7. The zero-order valence-electron chi connectivity index (χ0n) is 9.47. The number of rotatable bonds is 10. The Morgan fingerprint density at radius 1 is 1.29 bits per heavy atom. The quantitative estimate of drug-likeness (QED) is 0.163. The molecule has 0 aliphatic heterocycles. The molecule has 0 heterocycles. The topological polar surface area (TPSA) is 141 Å². The van der Waals surface area contributed by atoms with E-state index in [-0.39, 0.29) is 16.7 Å². The fourth-order valence-corrected chi connectivity index (χ4v) is 1.20. The minimum Gasteiger partial charge on any atom is -0.597 e. The maximum Gasteiger partial charge on any atom is 0.197 e. The molecule has 0 unspecified atom stereocenters. The number of unbranched alkanes of at least 4 members (excludes halogenated alkanes) is 1. The van der Waals surface area contributed by atoms with Gasteiger partial charge in [0, 0.05) is 19.5 Å². The van der Waals surface area contributed by atoms with Gasteiger partial charge in [-0.3, -0.25) is 5.21 Å². The Labute approximate surface area is 98.3 Å². The Morgan fingerprint density at radius 2 is 1.94 bits per heavy atom. The van der Waals surface area contributed by atoms with Crippen LogP contribution in [-0.2, 0) is 0 Å². The smallest absolute Gasteiger partial charge is 0.197 e. The van der Waals surface area contributed by atoms with Gasteiger partial charge >= 0.3 is 0 Å². The monoisotopic (exact) mass is 250 g/mol. The summed E-state index contributed by atoms with van der Waals surface area (Å²) in [5, 5.41) is 34.1. The van der Waals surface area contributed by atoms with Gasteiger partial charge in [-0.05, 0) is 19.4 Å². The molecule has 0 aromatic rings. The van der Waals surface area contributed by atoms with Crippen LogP contribution in [0.4, 0.5) is 0 Å². The highest BCUT2D eigenvalue weighted by molar-refractivity contribution is 4.52. The summed E-state index contributed by atoms with van der Waals surface area (Å²) >= 11 is 0. The fraction of sp³-hybridized carbons (Fsp3) is 1.00. The van der Waals surface area contributed by atoms with Gasteiger partial charge in [0.1, 0.15) is 0 Å². The molecule has 0 saturated carbocycles. The lowest BCUT2D eigenvalue weighted by atomic mass is 10.3. The van der Waals surface area contributed by atoms with Gasteiger partial charge in [-0.2, -0.15) is 5.01 Å². The third-order valence-electron chi connectivity index (χ3n) is 2.06.